The van der Waals surface area contributed by atoms with Crippen molar-refractivity contribution in [3.05, 3.63) is 77.2 Å². The number of pyridine rings is 1. The van der Waals surface area contributed by atoms with Crippen LogP contribution in [0.4, 0.5) is 11.4 Å². The molecular weight excluding hydrogens is 612 g/mol. The number of nitrogens with zero attached hydrogens (tertiary/aromatic N) is 5. The van der Waals surface area contributed by atoms with Crippen molar-refractivity contribution in [3.8, 4) is 17.1 Å². The number of nitrogens with one attached hydrogen (secondary N) is 5. The van der Waals surface area contributed by atoms with Gasteiger partial charge in [0.15, 0.2) is 5.65 Å². The minimum Gasteiger partial charge on any atom is -0.497 e. The van der Waals surface area contributed by atoms with Crippen molar-refractivity contribution in [2.75, 3.05) is 76.7 Å². The highest BCUT2D eigenvalue weighted by Crippen LogP contribution is 2.33. The Morgan fingerprint density at radius 2 is 1.77 bits per heavy atom. The summed E-state index contributed by atoms with van der Waals surface area (Å²) in [6.07, 6.45) is 6.78. The quantitative estimate of drug-likeness (QED) is 0.129. The number of halogens is 1. The molecule has 11 nitrogen and oxygen atoms in total. The molecule has 0 radical (unpaired) electrons. The molecule has 12 heteroatoms. The van der Waals surface area contributed by atoms with Gasteiger partial charge >= 0.3 is 0 Å². The van der Waals surface area contributed by atoms with E-state index < -0.39 is 0 Å². The average molecular weight is 657 g/mol. The van der Waals surface area contributed by atoms with Crippen molar-refractivity contribution < 1.29 is 4.74 Å². The van der Waals surface area contributed by atoms with E-state index in [9.17, 15) is 0 Å². The number of benzene rings is 2. The number of aromatic nitrogens is 3. The SMILES string of the molecule is CN/C(=C\C=N)NCCN1CCN(c2ccc(-c3nc4c(NC5CCN(Cc6ccc(OC)cc6)CC5)c(Cl)cnc4[nH]3)cc2)CC1. The molecule has 0 amide bonds. The molecule has 0 unspecified atom stereocenters. The fourth-order valence-corrected chi connectivity index (χ4v) is 6.55. The largest absolute Gasteiger partial charge is 0.497 e. The highest BCUT2D eigenvalue weighted by atomic mass is 35.5. The summed E-state index contributed by atoms with van der Waals surface area (Å²) in [4.78, 5) is 20.4. The van der Waals surface area contributed by atoms with Gasteiger partial charge in [0.1, 0.15) is 17.1 Å². The molecule has 0 aliphatic carbocycles. The maximum absolute atomic E-state index is 7.24. The fraction of sp³-hybridized carbons (Fsp3) is 0.400. The monoisotopic (exact) mass is 656 g/mol. The van der Waals surface area contributed by atoms with E-state index in [2.05, 4.69) is 77.0 Å². The van der Waals surface area contributed by atoms with Crippen LogP contribution < -0.4 is 25.6 Å². The number of H-pyrrole nitrogens is 1. The molecule has 47 heavy (non-hydrogen) atoms. The van der Waals surface area contributed by atoms with Crippen LogP contribution in [0.15, 0.2) is 66.6 Å². The summed E-state index contributed by atoms with van der Waals surface area (Å²) < 4.78 is 5.29. The molecule has 0 bridgehead atoms. The number of aromatic amines is 1. The van der Waals surface area contributed by atoms with E-state index in [4.69, 9.17) is 26.7 Å². The second-order valence-electron chi connectivity index (χ2n) is 12.1. The van der Waals surface area contributed by atoms with E-state index in [-0.39, 0.29) is 0 Å². The normalized spacial score (nSPS) is 16.7. The van der Waals surface area contributed by atoms with Gasteiger partial charge < -0.3 is 36.0 Å². The van der Waals surface area contributed by atoms with Crippen molar-refractivity contribution in [2.24, 2.45) is 0 Å². The molecule has 248 valence electrons. The molecular formula is C35H45ClN10O. The fourth-order valence-electron chi connectivity index (χ4n) is 6.36. The van der Waals surface area contributed by atoms with Crippen LogP contribution >= 0.6 is 11.6 Å². The van der Waals surface area contributed by atoms with E-state index in [0.29, 0.717) is 11.1 Å². The first-order chi connectivity index (χ1) is 23.0. The predicted molar refractivity (Wildman–Crippen MR) is 192 cm³/mol. The standard InChI is InChI=1S/C35H45ClN10O/c1-38-31(11-14-37)39-15-18-44-19-21-46(22-20-44)28-7-5-26(6-8-28)34-42-33-32(30(36)23-40-35(33)43-34)41-27-12-16-45(17-13-27)24-25-3-9-29(47-2)10-4-25/h3-11,14,23,27,37-39H,12-13,15-22,24H2,1-2H3,(H2,40,41,42,43)/b31-11+,37-14?. The van der Waals surface area contributed by atoms with Gasteiger partial charge in [0, 0.05) is 89.5 Å². The summed E-state index contributed by atoms with van der Waals surface area (Å²) >= 11 is 6.69. The van der Waals surface area contributed by atoms with Gasteiger partial charge in [-0.25, -0.2) is 9.97 Å². The minimum atomic E-state index is 0.316. The molecule has 5 N–H and O–H groups in total. The summed E-state index contributed by atoms with van der Waals surface area (Å²) in [7, 11) is 3.56. The zero-order valence-electron chi connectivity index (χ0n) is 27.2. The number of hydrogen-bond acceptors (Lipinski definition) is 10. The predicted octanol–water partition coefficient (Wildman–Crippen LogP) is 4.79. The number of fused-ring (bicyclic) bond motifs is 1. The van der Waals surface area contributed by atoms with Crippen molar-refractivity contribution in [1.82, 2.24) is 35.4 Å². The Bertz CT molecular complexity index is 1640. The van der Waals surface area contributed by atoms with Crippen molar-refractivity contribution in [1.29, 1.82) is 5.41 Å². The van der Waals surface area contributed by atoms with Gasteiger partial charge in [0.2, 0.25) is 0 Å². The molecule has 4 heterocycles. The Morgan fingerprint density at radius 1 is 1.02 bits per heavy atom. The van der Waals surface area contributed by atoms with Gasteiger partial charge in [-0.1, -0.05) is 23.7 Å². The van der Waals surface area contributed by atoms with E-state index in [1.807, 2.05) is 19.2 Å². The molecule has 2 fully saturated rings. The molecule has 2 aromatic heterocycles. The first kappa shape index (κ1) is 32.6. The van der Waals surface area contributed by atoms with Crippen molar-refractivity contribution in [2.45, 2.75) is 25.4 Å². The first-order valence-corrected chi connectivity index (χ1v) is 16.8. The Balaban J connectivity index is 1.03. The number of allylic oxidation sites excluding steroid dienone is 1. The number of imidazole rings is 1. The number of piperazine rings is 1. The number of ether oxygens (including phenoxy) is 1. The third-order valence-corrected chi connectivity index (χ3v) is 9.40. The van der Waals surface area contributed by atoms with Gasteiger partial charge in [-0.05, 0) is 60.9 Å². The van der Waals surface area contributed by atoms with E-state index in [0.717, 1.165) is 112 Å². The van der Waals surface area contributed by atoms with Crippen LogP contribution in [-0.4, -0.2) is 104 Å². The minimum absolute atomic E-state index is 0.316. The van der Waals surface area contributed by atoms with Crippen molar-refractivity contribution in [3.63, 3.8) is 0 Å². The molecule has 2 aliphatic rings. The van der Waals surface area contributed by atoms with E-state index in [1.165, 1.54) is 17.5 Å². The third kappa shape index (κ3) is 8.16. The van der Waals surface area contributed by atoms with Crippen molar-refractivity contribution >= 4 is 40.4 Å². The van der Waals surface area contributed by atoms with Gasteiger partial charge in [-0.3, -0.25) is 9.80 Å². The smallest absolute Gasteiger partial charge is 0.159 e. The topological polar surface area (TPSA) is 120 Å². The van der Waals surface area contributed by atoms with E-state index >= 15 is 0 Å². The van der Waals surface area contributed by atoms with Crippen LogP contribution in [0, 0.1) is 5.41 Å². The molecule has 0 atom stereocenters. The maximum Gasteiger partial charge on any atom is 0.159 e. The Morgan fingerprint density at radius 3 is 2.45 bits per heavy atom. The zero-order valence-corrected chi connectivity index (χ0v) is 28.0. The molecule has 0 saturated carbocycles. The summed E-state index contributed by atoms with van der Waals surface area (Å²) in [5, 5.41) is 18.0. The number of hydrogen-bond donors (Lipinski definition) is 5. The molecule has 4 aromatic rings. The number of anilines is 2. The Labute approximate surface area is 281 Å². The van der Waals surface area contributed by atoms with Crippen LogP contribution in [0.5, 0.6) is 5.75 Å². The molecule has 6 rings (SSSR count). The lowest BCUT2D eigenvalue weighted by Crippen LogP contribution is -2.48. The lowest BCUT2D eigenvalue weighted by atomic mass is 10.0. The summed E-state index contributed by atoms with van der Waals surface area (Å²) in [5.74, 6) is 2.54. The highest BCUT2D eigenvalue weighted by Gasteiger charge is 2.23. The van der Waals surface area contributed by atoms with Crippen LogP contribution in [0.2, 0.25) is 5.02 Å². The van der Waals surface area contributed by atoms with E-state index in [1.54, 1.807) is 19.4 Å². The lowest BCUT2D eigenvalue weighted by Gasteiger charge is -2.36. The Hall–Kier alpha value is -4.32. The molecule has 2 aromatic carbocycles. The number of piperidine rings is 1. The van der Waals surface area contributed by atoms with Gasteiger partial charge in [-0.2, -0.15) is 0 Å². The second kappa shape index (κ2) is 15.5. The molecule has 0 spiro atoms. The van der Waals surface area contributed by atoms with Crippen LogP contribution in [-0.2, 0) is 6.54 Å². The lowest BCUT2D eigenvalue weighted by molar-refractivity contribution is 0.211. The average Bonchev–Trinajstić information content (AvgIpc) is 3.55. The van der Waals surface area contributed by atoms with Gasteiger partial charge in [-0.15, -0.1) is 0 Å². The molecule has 2 aliphatic heterocycles. The zero-order chi connectivity index (χ0) is 32.6. The summed E-state index contributed by atoms with van der Waals surface area (Å²) in [6.45, 7) is 8.77. The van der Waals surface area contributed by atoms with Crippen LogP contribution in [0.1, 0.15) is 18.4 Å². The van der Waals surface area contributed by atoms with Gasteiger partial charge in [0.05, 0.1) is 29.8 Å². The second-order valence-corrected chi connectivity index (χ2v) is 12.5. The summed E-state index contributed by atoms with van der Waals surface area (Å²) in [5.41, 5.74) is 5.89. The molecule has 2 saturated heterocycles. The van der Waals surface area contributed by atoms with Crippen LogP contribution in [0.3, 0.4) is 0 Å². The number of likely N-dealkylation sites (tertiary alicyclic amines) is 1. The number of methoxy groups -OCH3 is 1. The summed E-state index contributed by atoms with van der Waals surface area (Å²) in [6, 6.07) is 17.3. The third-order valence-electron chi connectivity index (χ3n) is 9.11. The Kier molecular flexibility index (Phi) is 10.8. The van der Waals surface area contributed by atoms with Gasteiger partial charge in [0.25, 0.3) is 0 Å². The maximum atomic E-state index is 7.24. The number of rotatable bonds is 13. The highest BCUT2D eigenvalue weighted by molar-refractivity contribution is 6.34. The van der Waals surface area contributed by atoms with Crippen LogP contribution in [0.25, 0.3) is 22.6 Å². The first-order valence-electron chi connectivity index (χ1n) is 16.4.